The summed E-state index contributed by atoms with van der Waals surface area (Å²) >= 11 is 0. The largest absolute Gasteiger partial charge is 0.380 e. The lowest BCUT2D eigenvalue weighted by Crippen LogP contribution is -2.39. The molecule has 4 rings (SSSR count). The molecule has 0 aliphatic carbocycles. The Morgan fingerprint density at radius 3 is 2.54 bits per heavy atom. The van der Waals surface area contributed by atoms with Crippen LogP contribution in [0.1, 0.15) is 12.8 Å². The normalized spacial score (nSPS) is 17.6. The van der Waals surface area contributed by atoms with Gasteiger partial charge in [-0.1, -0.05) is 36.4 Å². The second-order valence-electron chi connectivity index (χ2n) is 7.08. The summed E-state index contributed by atoms with van der Waals surface area (Å²) in [5.41, 5.74) is 1.63. The highest BCUT2D eigenvalue weighted by Gasteiger charge is 2.20. The van der Waals surface area contributed by atoms with Gasteiger partial charge in [-0.05, 0) is 48.6 Å². The number of hydrogen-bond acceptors (Lipinski definition) is 4. The predicted octanol–water partition coefficient (Wildman–Crippen LogP) is 4.26. The average Bonchev–Trinajstić information content (AvgIpc) is 2.73. The number of anilines is 2. The molecule has 0 aromatic heterocycles. The summed E-state index contributed by atoms with van der Waals surface area (Å²) in [6.07, 6.45) is 2.42. The van der Waals surface area contributed by atoms with Crippen molar-refractivity contribution in [1.82, 2.24) is 0 Å². The minimum Gasteiger partial charge on any atom is -0.380 e. The summed E-state index contributed by atoms with van der Waals surface area (Å²) in [7, 11) is -1.92. The van der Waals surface area contributed by atoms with E-state index in [-0.39, 0.29) is 11.0 Å². The molecule has 1 unspecified atom stereocenters. The van der Waals surface area contributed by atoms with E-state index < -0.39 is 10.0 Å². The predicted molar refractivity (Wildman–Crippen MR) is 113 cm³/mol. The molecular formula is C22H24N2O3S. The summed E-state index contributed by atoms with van der Waals surface area (Å²) in [5, 5.41) is 1.62. The first-order chi connectivity index (χ1) is 13.6. The molecule has 28 heavy (non-hydrogen) atoms. The standard InChI is InChI=1S/C22H24N2O3S/c1-27-20-8-5-15-24(16-20)19-13-11-18(12-14-19)23-28(25,26)22-10-4-7-17-6-2-3-9-21(17)22/h2-4,6-7,9-14,20,23H,5,8,15-16H2,1H3. The van der Waals surface area contributed by atoms with Crippen molar-refractivity contribution < 1.29 is 13.2 Å². The molecule has 1 N–H and O–H groups in total. The highest BCUT2D eigenvalue weighted by atomic mass is 32.2. The van der Waals surface area contributed by atoms with Crippen molar-refractivity contribution in [3.05, 3.63) is 66.7 Å². The van der Waals surface area contributed by atoms with Crippen LogP contribution in [0.15, 0.2) is 71.6 Å². The number of nitrogens with zero attached hydrogens (tertiary/aromatic N) is 1. The molecular weight excluding hydrogens is 372 g/mol. The highest BCUT2D eigenvalue weighted by molar-refractivity contribution is 7.93. The maximum absolute atomic E-state index is 12.9. The van der Waals surface area contributed by atoms with Crippen molar-refractivity contribution in [2.45, 2.75) is 23.8 Å². The van der Waals surface area contributed by atoms with E-state index >= 15 is 0 Å². The topological polar surface area (TPSA) is 58.6 Å². The van der Waals surface area contributed by atoms with Crippen LogP contribution in [0.3, 0.4) is 0 Å². The second kappa shape index (κ2) is 7.81. The Bertz CT molecular complexity index is 1060. The van der Waals surface area contributed by atoms with E-state index in [0.29, 0.717) is 11.1 Å². The molecule has 1 fully saturated rings. The number of methoxy groups -OCH3 is 1. The average molecular weight is 397 g/mol. The molecule has 0 spiro atoms. The summed E-state index contributed by atoms with van der Waals surface area (Å²) in [6, 6.07) is 20.3. The van der Waals surface area contributed by atoms with Crippen LogP contribution in [0.2, 0.25) is 0 Å². The lowest BCUT2D eigenvalue weighted by atomic mass is 10.1. The molecule has 3 aromatic carbocycles. The smallest absolute Gasteiger partial charge is 0.262 e. The highest BCUT2D eigenvalue weighted by Crippen LogP contribution is 2.27. The quantitative estimate of drug-likeness (QED) is 0.700. The van der Waals surface area contributed by atoms with E-state index in [9.17, 15) is 8.42 Å². The van der Waals surface area contributed by atoms with Gasteiger partial charge in [0.2, 0.25) is 0 Å². The molecule has 0 radical (unpaired) electrons. The molecule has 0 amide bonds. The van der Waals surface area contributed by atoms with Gasteiger partial charge in [-0.2, -0.15) is 0 Å². The first-order valence-corrected chi connectivity index (χ1v) is 10.9. The van der Waals surface area contributed by atoms with Gasteiger partial charge >= 0.3 is 0 Å². The molecule has 1 aliphatic heterocycles. The third-order valence-corrected chi connectivity index (χ3v) is 6.67. The van der Waals surface area contributed by atoms with Crippen LogP contribution in [0.25, 0.3) is 10.8 Å². The molecule has 1 aliphatic rings. The lowest BCUT2D eigenvalue weighted by Gasteiger charge is -2.33. The molecule has 0 saturated carbocycles. The zero-order valence-electron chi connectivity index (χ0n) is 15.8. The lowest BCUT2D eigenvalue weighted by molar-refractivity contribution is 0.0893. The molecule has 0 bridgehead atoms. The van der Waals surface area contributed by atoms with Crippen molar-refractivity contribution >= 4 is 32.2 Å². The van der Waals surface area contributed by atoms with Gasteiger partial charge in [0.05, 0.1) is 11.0 Å². The number of sulfonamides is 1. The molecule has 146 valence electrons. The van der Waals surface area contributed by atoms with E-state index in [0.717, 1.165) is 37.0 Å². The molecule has 3 aromatic rings. The van der Waals surface area contributed by atoms with E-state index in [2.05, 4.69) is 9.62 Å². The first kappa shape index (κ1) is 18.8. The van der Waals surface area contributed by atoms with Gasteiger partial charge in [-0.25, -0.2) is 8.42 Å². The van der Waals surface area contributed by atoms with Gasteiger partial charge in [-0.3, -0.25) is 4.72 Å². The van der Waals surface area contributed by atoms with Crippen LogP contribution in [0.4, 0.5) is 11.4 Å². The summed E-state index contributed by atoms with van der Waals surface area (Å²) in [6.45, 7) is 1.85. The zero-order valence-corrected chi connectivity index (χ0v) is 16.7. The van der Waals surface area contributed by atoms with Crippen LogP contribution < -0.4 is 9.62 Å². The Morgan fingerprint density at radius 1 is 1.00 bits per heavy atom. The summed E-state index contributed by atoms with van der Waals surface area (Å²) < 4.78 is 34.1. The van der Waals surface area contributed by atoms with Crippen molar-refractivity contribution in [2.24, 2.45) is 0 Å². The Hall–Kier alpha value is -2.57. The van der Waals surface area contributed by atoms with Crippen LogP contribution >= 0.6 is 0 Å². The summed E-state index contributed by atoms with van der Waals surface area (Å²) in [4.78, 5) is 2.56. The first-order valence-electron chi connectivity index (χ1n) is 9.45. The van der Waals surface area contributed by atoms with Crippen molar-refractivity contribution in [3.8, 4) is 0 Å². The minimum absolute atomic E-state index is 0.248. The molecule has 1 heterocycles. The van der Waals surface area contributed by atoms with Gasteiger partial charge in [-0.15, -0.1) is 0 Å². The number of ether oxygens (including phenoxy) is 1. The third kappa shape index (κ3) is 3.84. The van der Waals surface area contributed by atoms with Crippen LogP contribution in [-0.2, 0) is 14.8 Å². The van der Waals surface area contributed by atoms with Gasteiger partial charge in [0.1, 0.15) is 0 Å². The Kier molecular flexibility index (Phi) is 5.24. The number of piperidine rings is 1. The van der Waals surface area contributed by atoms with E-state index in [1.165, 1.54) is 0 Å². The number of benzene rings is 3. The van der Waals surface area contributed by atoms with E-state index in [1.807, 2.05) is 54.6 Å². The summed E-state index contributed by atoms with van der Waals surface area (Å²) in [5.74, 6) is 0. The number of hydrogen-bond donors (Lipinski definition) is 1. The molecule has 1 saturated heterocycles. The molecule has 5 nitrogen and oxygen atoms in total. The fraction of sp³-hybridized carbons (Fsp3) is 0.273. The number of fused-ring (bicyclic) bond motifs is 1. The van der Waals surface area contributed by atoms with E-state index in [1.54, 1.807) is 19.2 Å². The molecule has 1 atom stereocenters. The van der Waals surface area contributed by atoms with Crippen LogP contribution in [0.5, 0.6) is 0 Å². The minimum atomic E-state index is -3.67. The SMILES string of the molecule is COC1CCCN(c2ccc(NS(=O)(=O)c3cccc4ccccc34)cc2)C1. The Balaban J connectivity index is 1.55. The van der Waals surface area contributed by atoms with Gasteiger partial charge in [0, 0.05) is 37.0 Å². The maximum Gasteiger partial charge on any atom is 0.262 e. The van der Waals surface area contributed by atoms with Crippen LogP contribution in [0, 0.1) is 0 Å². The van der Waals surface area contributed by atoms with Crippen molar-refractivity contribution in [2.75, 3.05) is 29.8 Å². The number of rotatable bonds is 5. The molecule has 6 heteroatoms. The van der Waals surface area contributed by atoms with Crippen molar-refractivity contribution in [3.63, 3.8) is 0 Å². The Labute approximate surface area is 166 Å². The fourth-order valence-electron chi connectivity index (χ4n) is 3.75. The van der Waals surface area contributed by atoms with E-state index in [4.69, 9.17) is 4.74 Å². The van der Waals surface area contributed by atoms with Crippen molar-refractivity contribution in [1.29, 1.82) is 0 Å². The van der Waals surface area contributed by atoms with Gasteiger partial charge in [0.15, 0.2) is 0 Å². The Morgan fingerprint density at radius 2 is 1.75 bits per heavy atom. The second-order valence-corrected chi connectivity index (χ2v) is 8.73. The zero-order chi connectivity index (χ0) is 19.6. The van der Waals surface area contributed by atoms with Gasteiger partial charge in [0.25, 0.3) is 10.0 Å². The van der Waals surface area contributed by atoms with Gasteiger partial charge < -0.3 is 9.64 Å². The third-order valence-electron chi connectivity index (χ3n) is 5.24. The van der Waals surface area contributed by atoms with Crippen LogP contribution in [-0.4, -0.2) is 34.7 Å². The maximum atomic E-state index is 12.9. The number of nitrogens with one attached hydrogen (secondary N) is 1. The fourth-order valence-corrected chi connectivity index (χ4v) is 5.04. The monoisotopic (exact) mass is 396 g/mol.